The topological polar surface area (TPSA) is 102 Å². The lowest BCUT2D eigenvalue weighted by Crippen LogP contribution is -2.41. The van der Waals surface area contributed by atoms with Crippen molar-refractivity contribution in [3.8, 4) is 0 Å². The minimum Gasteiger partial charge on any atom is -0.481 e. The van der Waals surface area contributed by atoms with Gasteiger partial charge in [-0.2, -0.15) is 0 Å². The Bertz CT molecular complexity index is 380. The highest BCUT2D eigenvalue weighted by molar-refractivity contribution is 5.85. The van der Waals surface area contributed by atoms with Gasteiger partial charge in [-0.05, 0) is 5.56 Å². The van der Waals surface area contributed by atoms with Crippen LogP contribution in [0, 0.1) is 0 Å². The van der Waals surface area contributed by atoms with E-state index in [1.54, 1.807) is 0 Å². The first-order chi connectivity index (χ1) is 8.09. The third-order valence-electron chi connectivity index (χ3n) is 1.99. The molecule has 0 bridgehead atoms. The van der Waals surface area contributed by atoms with Crippen molar-refractivity contribution in [1.82, 2.24) is 5.48 Å². The number of nitrogens with two attached hydrogens (primary N) is 1. The summed E-state index contributed by atoms with van der Waals surface area (Å²) in [5, 5.41) is 8.44. The lowest BCUT2D eigenvalue weighted by Gasteiger charge is -2.10. The molecule has 1 unspecified atom stereocenters. The van der Waals surface area contributed by atoms with Gasteiger partial charge in [-0.1, -0.05) is 30.3 Å². The van der Waals surface area contributed by atoms with E-state index in [0.717, 1.165) is 5.56 Å². The van der Waals surface area contributed by atoms with Crippen molar-refractivity contribution in [2.75, 3.05) is 0 Å². The number of carboxylic acids is 1. The highest BCUT2D eigenvalue weighted by atomic mass is 16.6. The molecule has 0 heterocycles. The van der Waals surface area contributed by atoms with E-state index in [1.165, 1.54) is 0 Å². The number of benzene rings is 1. The second kappa shape index (κ2) is 6.62. The van der Waals surface area contributed by atoms with Crippen LogP contribution in [0.15, 0.2) is 30.3 Å². The molecule has 0 aromatic heterocycles. The van der Waals surface area contributed by atoms with Crippen molar-refractivity contribution in [1.29, 1.82) is 0 Å². The summed E-state index contributed by atoms with van der Waals surface area (Å²) in [6.45, 7) is 0.201. The van der Waals surface area contributed by atoms with Crippen LogP contribution in [0.2, 0.25) is 0 Å². The molecule has 0 saturated carbocycles. The molecule has 0 spiro atoms. The van der Waals surface area contributed by atoms with Crippen molar-refractivity contribution in [3.63, 3.8) is 0 Å². The molecular formula is C11H14N2O4. The van der Waals surface area contributed by atoms with Crippen molar-refractivity contribution in [2.45, 2.75) is 19.1 Å². The summed E-state index contributed by atoms with van der Waals surface area (Å²) in [4.78, 5) is 26.5. The predicted molar refractivity (Wildman–Crippen MR) is 59.6 cm³/mol. The monoisotopic (exact) mass is 238 g/mol. The minimum absolute atomic E-state index is 0.201. The number of amides is 1. The Morgan fingerprint density at radius 2 is 2.00 bits per heavy atom. The third kappa shape index (κ3) is 5.10. The fourth-order valence-corrected chi connectivity index (χ4v) is 1.12. The molecular weight excluding hydrogens is 224 g/mol. The summed E-state index contributed by atoms with van der Waals surface area (Å²) in [7, 11) is 0. The number of carboxylic acid groups (broad SMARTS) is 1. The first kappa shape index (κ1) is 13.1. The Kier molecular flexibility index (Phi) is 5.12. The zero-order valence-electron chi connectivity index (χ0n) is 9.13. The lowest BCUT2D eigenvalue weighted by molar-refractivity contribution is -0.143. The quantitative estimate of drug-likeness (QED) is 0.607. The standard InChI is InChI=1S/C11H14N2O4/c12-9(6-10(14)15)11(16)13-17-7-8-4-2-1-3-5-8/h1-5,9H,6-7,12H2,(H,13,16)(H,14,15). The Morgan fingerprint density at radius 1 is 1.35 bits per heavy atom. The van der Waals surface area contributed by atoms with Crippen molar-refractivity contribution in [3.05, 3.63) is 35.9 Å². The fraction of sp³-hybridized carbons (Fsp3) is 0.273. The van der Waals surface area contributed by atoms with Gasteiger partial charge in [0.05, 0.1) is 19.1 Å². The van der Waals surface area contributed by atoms with E-state index >= 15 is 0 Å². The normalized spacial score (nSPS) is 11.8. The van der Waals surface area contributed by atoms with Crippen LogP contribution in [0.5, 0.6) is 0 Å². The van der Waals surface area contributed by atoms with Crippen molar-refractivity contribution in [2.24, 2.45) is 5.73 Å². The molecule has 6 heteroatoms. The van der Waals surface area contributed by atoms with Gasteiger partial charge >= 0.3 is 5.97 Å². The molecule has 0 radical (unpaired) electrons. The summed E-state index contributed by atoms with van der Waals surface area (Å²) in [6.07, 6.45) is -0.430. The average molecular weight is 238 g/mol. The van der Waals surface area contributed by atoms with Gasteiger partial charge in [0.25, 0.3) is 5.91 Å². The highest BCUT2D eigenvalue weighted by Crippen LogP contribution is 1.99. The summed E-state index contributed by atoms with van der Waals surface area (Å²) >= 11 is 0. The molecule has 1 aromatic rings. The Labute approximate surface area is 98.3 Å². The number of hydrogen-bond acceptors (Lipinski definition) is 4. The molecule has 17 heavy (non-hydrogen) atoms. The molecule has 0 fully saturated rings. The van der Waals surface area contributed by atoms with Gasteiger partial charge in [0.15, 0.2) is 0 Å². The number of aliphatic carboxylic acids is 1. The molecule has 0 aliphatic rings. The zero-order valence-corrected chi connectivity index (χ0v) is 9.13. The van der Waals surface area contributed by atoms with Crippen LogP contribution in [0.3, 0.4) is 0 Å². The van der Waals surface area contributed by atoms with E-state index in [4.69, 9.17) is 15.7 Å². The van der Waals surface area contributed by atoms with E-state index < -0.39 is 24.3 Å². The summed E-state index contributed by atoms with van der Waals surface area (Å²) in [6, 6.07) is 8.12. The van der Waals surface area contributed by atoms with Crippen molar-refractivity contribution < 1.29 is 19.5 Å². The number of rotatable bonds is 6. The molecule has 92 valence electrons. The molecule has 0 saturated heterocycles. The summed E-state index contributed by atoms with van der Waals surface area (Å²) < 4.78 is 0. The molecule has 6 nitrogen and oxygen atoms in total. The maximum Gasteiger partial charge on any atom is 0.305 e. The number of nitrogens with one attached hydrogen (secondary N) is 1. The second-order valence-electron chi connectivity index (χ2n) is 3.44. The first-order valence-corrected chi connectivity index (χ1v) is 5.02. The molecule has 1 rings (SSSR count). The zero-order chi connectivity index (χ0) is 12.7. The maximum atomic E-state index is 11.2. The molecule has 4 N–H and O–H groups in total. The number of carbonyl (C=O) groups is 2. The molecule has 1 aromatic carbocycles. The van der Waals surface area contributed by atoms with E-state index in [2.05, 4.69) is 5.48 Å². The second-order valence-corrected chi connectivity index (χ2v) is 3.44. The van der Waals surface area contributed by atoms with Gasteiger partial charge in [0.2, 0.25) is 0 Å². The smallest absolute Gasteiger partial charge is 0.305 e. The van der Waals surface area contributed by atoms with Crippen LogP contribution >= 0.6 is 0 Å². The average Bonchev–Trinajstić information content (AvgIpc) is 2.29. The molecule has 1 amide bonds. The van der Waals surface area contributed by atoms with Crippen LogP contribution in [0.4, 0.5) is 0 Å². The SMILES string of the molecule is NC(CC(=O)O)C(=O)NOCc1ccccc1. The molecule has 1 atom stereocenters. The summed E-state index contributed by atoms with van der Waals surface area (Å²) in [5.41, 5.74) is 8.32. The largest absolute Gasteiger partial charge is 0.481 e. The van der Waals surface area contributed by atoms with Gasteiger partial charge in [-0.15, -0.1) is 0 Å². The Morgan fingerprint density at radius 3 is 2.59 bits per heavy atom. The van der Waals surface area contributed by atoms with Crippen LogP contribution in [0.1, 0.15) is 12.0 Å². The number of hydrogen-bond donors (Lipinski definition) is 3. The van der Waals surface area contributed by atoms with Crippen molar-refractivity contribution >= 4 is 11.9 Å². The van der Waals surface area contributed by atoms with Gasteiger partial charge < -0.3 is 10.8 Å². The minimum atomic E-state index is -1.13. The molecule has 0 aliphatic carbocycles. The molecule has 0 aliphatic heterocycles. The lowest BCUT2D eigenvalue weighted by atomic mass is 10.2. The highest BCUT2D eigenvalue weighted by Gasteiger charge is 2.16. The van der Waals surface area contributed by atoms with Crippen LogP contribution in [0.25, 0.3) is 0 Å². The van der Waals surface area contributed by atoms with Crippen LogP contribution in [-0.2, 0) is 21.0 Å². The van der Waals surface area contributed by atoms with Crippen LogP contribution < -0.4 is 11.2 Å². The number of hydroxylamine groups is 1. The Hall–Kier alpha value is -1.92. The van der Waals surface area contributed by atoms with Gasteiger partial charge in [-0.3, -0.25) is 14.4 Å². The van der Waals surface area contributed by atoms with Gasteiger partial charge in [-0.25, -0.2) is 5.48 Å². The number of carbonyl (C=O) groups excluding carboxylic acids is 1. The first-order valence-electron chi connectivity index (χ1n) is 5.02. The van der Waals surface area contributed by atoms with E-state index in [9.17, 15) is 9.59 Å². The van der Waals surface area contributed by atoms with E-state index in [1.807, 2.05) is 30.3 Å². The van der Waals surface area contributed by atoms with Gasteiger partial charge in [0, 0.05) is 0 Å². The fourth-order valence-electron chi connectivity index (χ4n) is 1.12. The third-order valence-corrected chi connectivity index (χ3v) is 1.99. The van der Waals surface area contributed by atoms with Crippen LogP contribution in [-0.4, -0.2) is 23.0 Å². The summed E-state index contributed by atoms with van der Waals surface area (Å²) in [5.74, 6) is -1.78. The van der Waals surface area contributed by atoms with E-state index in [0.29, 0.717) is 0 Å². The Balaban J connectivity index is 2.27. The maximum absolute atomic E-state index is 11.2. The predicted octanol–water partition coefficient (Wildman–Crippen LogP) is 0.0364. The van der Waals surface area contributed by atoms with E-state index in [-0.39, 0.29) is 6.61 Å². The van der Waals surface area contributed by atoms with Gasteiger partial charge in [0.1, 0.15) is 0 Å².